The van der Waals surface area contributed by atoms with Crippen LogP contribution in [-0.2, 0) is 4.74 Å². The maximum atomic E-state index is 11.7. The van der Waals surface area contributed by atoms with Gasteiger partial charge < -0.3 is 4.74 Å². The van der Waals surface area contributed by atoms with Gasteiger partial charge in [-0.25, -0.2) is 9.48 Å². The largest absolute Gasteiger partial charge is 0.465 e. The van der Waals surface area contributed by atoms with Crippen LogP contribution in [0.3, 0.4) is 0 Å². The molecule has 0 atom stereocenters. The van der Waals surface area contributed by atoms with E-state index in [1.807, 2.05) is 37.4 Å². The second kappa shape index (κ2) is 6.39. The number of hydrogen-bond acceptors (Lipinski definition) is 4. The lowest BCUT2D eigenvalue weighted by Gasteiger charge is -2.04. The molecule has 0 bridgehead atoms. The molecule has 0 radical (unpaired) electrons. The molecular weight excluding hydrogens is 302 g/mol. The third-order valence-electron chi connectivity index (χ3n) is 3.69. The van der Waals surface area contributed by atoms with E-state index in [-0.39, 0.29) is 5.97 Å². The fourth-order valence-corrected chi connectivity index (χ4v) is 2.51. The molecule has 1 aromatic heterocycles. The van der Waals surface area contributed by atoms with Crippen molar-refractivity contribution in [2.45, 2.75) is 6.92 Å². The highest BCUT2D eigenvalue weighted by Gasteiger charge is 2.11. The van der Waals surface area contributed by atoms with E-state index in [1.54, 1.807) is 28.9 Å². The summed E-state index contributed by atoms with van der Waals surface area (Å²) in [4.78, 5) is 11.7. The normalized spacial score (nSPS) is 10.2. The summed E-state index contributed by atoms with van der Waals surface area (Å²) in [6.45, 7) is 1.96. The second-order valence-electron chi connectivity index (χ2n) is 5.34. The smallest absolute Gasteiger partial charge is 0.337 e. The summed E-state index contributed by atoms with van der Waals surface area (Å²) in [6.07, 6.45) is 1.89. The molecule has 5 nitrogen and oxygen atoms in total. The van der Waals surface area contributed by atoms with Crippen LogP contribution in [0.2, 0.25) is 0 Å². The Morgan fingerprint density at radius 3 is 2.75 bits per heavy atom. The number of aromatic nitrogens is 2. The minimum atomic E-state index is -0.386. The van der Waals surface area contributed by atoms with Crippen LogP contribution in [0.25, 0.3) is 16.9 Å². The quantitative estimate of drug-likeness (QED) is 0.693. The molecule has 24 heavy (non-hydrogen) atoms. The minimum absolute atomic E-state index is 0.386. The molecule has 0 spiro atoms. The lowest BCUT2D eigenvalue weighted by atomic mass is 10.1. The topological polar surface area (TPSA) is 67.9 Å². The predicted octanol–water partition coefficient (Wildman–Crippen LogP) is 3.51. The number of nitriles is 1. The molecular formula is C19H15N3O2. The number of carbonyl (C=O) groups is 1. The van der Waals surface area contributed by atoms with Crippen LogP contribution in [0.15, 0.2) is 54.7 Å². The number of carbonyl (C=O) groups excluding carboxylic acids is 1. The highest BCUT2D eigenvalue weighted by Crippen LogP contribution is 2.24. The number of esters is 1. The van der Waals surface area contributed by atoms with Crippen LogP contribution < -0.4 is 0 Å². The summed E-state index contributed by atoms with van der Waals surface area (Å²) in [6, 6.07) is 16.5. The fraction of sp³-hybridized carbons (Fsp3) is 0.105. The predicted molar refractivity (Wildman–Crippen MR) is 89.8 cm³/mol. The average Bonchev–Trinajstić information content (AvgIpc) is 3.03. The molecule has 0 unspecified atom stereocenters. The molecule has 0 fully saturated rings. The first-order chi connectivity index (χ1) is 11.6. The zero-order valence-electron chi connectivity index (χ0n) is 13.4. The van der Waals surface area contributed by atoms with Gasteiger partial charge in [0.05, 0.1) is 35.7 Å². The number of hydrogen-bond donors (Lipinski definition) is 0. The standard InChI is InChI=1S/C19H15N3O2/c1-13-12-22(17-8-4-7-16(10-17)19(23)24-2)21-18(13)15-6-3-5-14(9-15)11-20/h3-10,12H,1-2H3. The van der Waals surface area contributed by atoms with Crippen LogP contribution >= 0.6 is 0 Å². The lowest BCUT2D eigenvalue weighted by molar-refractivity contribution is 0.0600. The van der Waals surface area contributed by atoms with Crippen molar-refractivity contribution >= 4 is 5.97 Å². The van der Waals surface area contributed by atoms with Gasteiger partial charge in [-0.2, -0.15) is 10.4 Å². The van der Waals surface area contributed by atoms with Gasteiger partial charge in [-0.05, 0) is 42.8 Å². The zero-order chi connectivity index (χ0) is 17.1. The summed E-state index contributed by atoms with van der Waals surface area (Å²) < 4.78 is 6.47. The molecule has 0 aliphatic rings. The van der Waals surface area contributed by atoms with Crippen molar-refractivity contribution < 1.29 is 9.53 Å². The van der Waals surface area contributed by atoms with E-state index in [0.717, 1.165) is 22.5 Å². The number of rotatable bonds is 3. The maximum Gasteiger partial charge on any atom is 0.337 e. The molecule has 0 saturated heterocycles. The van der Waals surface area contributed by atoms with Crippen LogP contribution in [0.1, 0.15) is 21.5 Å². The van der Waals surface area contributed by atoms with E-state index in [9.17, 15) is 4.79 Å². The highest BCUT2D eigenvalue weighted by atomic mass is 16.5. The number of methoxy groups -OCH3 is 1. The van der Waals surface area contributed by atoms with Crippen molar-refractivity contribution in [1.29, 1.82) is 5.26 Å². The Balaban J connectivity index is 2.03. The van der Waals surface area contributed by atoms with E-state index >= 15 is 0 Å². The Morgan fingerprint density at radius 1 is 1.21 bits per heavy atom. The van der Waals surface area contributed by atoms with Crippen molar-refractivity contribution in [3.63, 3.8) is 0 Å². The third kappa shape index (κ3) is 2.90. The number of benzene rings is 2. The van der Waals surface area contributed by atoms with Crippen molar-refractivity contribution in [3.8, 4) is 23.0 Å². The van der Waals surface area contributed by atoms with Crippen molar-refractivity contribution in [1.82, 2.24) is 9.78 Å². The molecule has 118 valence electrons. The van der Waals surface area contributed by atoms with E-state index < -0.39 is 0 Å². The van der Waals surface area contributed by atoms with Crippen LogP contribution in [0.5, 0.6) is 0 Å². The Hall–Kier alpha value is -3.39. The van der Waals surface area contributed by atoms with E-state index in [4.69, 9.17) is 10.00 Å². The average molecular weight is 317 g/mol. The van der Waals surface area contributed by atoms with Gasteiger partial charge in [-0.15, -0.1) is 0 Å². The van der Waals surface area contributed by atoms with Crippen molar-refractivity contribution in [3.05, 3.63) is 71.4 Å². The molecule has 5 heteroatoms. The van der Waals surface area contributed by atoms with Gasteiger partial charge in [-0.1, -0.05) is 18.2 Å². The van der Waals surface area contributed by atoms with E-state index in [0.29, 0.717) is 11.1 Å². The molecule has 0 N–H and O–H groups in total. The first kappa shape index (κ1) is 15.5. The summed E-state index contributed by atoms with van der Waals surface area (Å²) in [5.74, 6) is -0.386. The van der Waals surface area contributed by atoms with Gasteiger partial charge in [0.25, 0.3) is 0 Å². The van der Waals surface area contributed by atoms with Gasteiger partial charge >= 0.3 is 5.97 Å². The molecule has 0 aliphatic heterocycles. The van der Waals surface area contributed by atoms with E-state index in [1.165, 1.54) is 7.11 Å². The van der Waals surface area contributed by atoms with Crippen molar-refractivity contribution in [2.75, 3.05) is 7.11 Å². The van der Waals surface area contributed by atoms with Gasteiger partial charge in [0.1, 0.15) is 0 Å². The summed E-state index contributed by atoms with van der Waals surface area (Å²) in [5.41, 5.74) is 4.49. The Labute approximate surface area is 139 Å². The molecule has 3 rings (SSSR count). The monoisotopic (exact) mass is 317 g/mol. The maximum absolute atomic E-state index is 11.7. The Bertz CT molecular complexity index is 951. The first-order valence-corrected chi connectivity index (χ1v) is 7.38. The summed E-state index contributed by atoms with van der Waals surface area (Å²) >= 11 is 0. The molecule has 0 saturated carbocycles. The number of ether oxygens (including phenoxy) is 1. The lowest BCUT2D eigenvalue weighted by Crippen LogP contribution is -2.03. The summed E-state index contributed by atoms with van der Waals surface area (Å²) in [5, 5.41) is 13.7. The van der Waals surface area contributed by atoms with Crippen LogP contribution in [-0.4, -0.2) is 22.9 Å². The summed E-state index contributed by atoms with van der Waals surface area (Å²) in [7, 11) is 1.35. The van der Waals surface area contributed by atoms with Crippen LogP contribution in [0.4, 0.5) is 0 Å². The number of nitrogens with zero attached hydrogens (tertiary/aromatic N) is 3. The molecule has 3 aromatic rings. The van der Waals surface area contributed by atoms with Gasteiger partial charge in [0.15, 0.2) is 0 Å². The van der Waals surface area contributed by atoms with E-state index in [2.05, 4.69) is 11.2 Å². The second-order valence-corrected chi connectivity index (χ2v) is 5.34. The van der Waals surface area contributed by atoms with Crippen LogP contribution in [0, 0.1) is 18.3 Å². The van der Waals surface area contributed by atoms with Gasteiger partial charge in [-0.3, -0.25) is 0 Å². The molecule has 2 aromatic carbocycles. The van der Waals surface area contributed by atoms with Crippen molar-refractivity contribution in [2.24, 2.45) is 0 Å². The van der Waals surface area contributed by atoms with Gasteiger partial charge in [0.2, 0.25) is 0 Å². The number of aryl methyl sites for hydroxylation is 1. The Kier molecular flexibility index (Phi) is 4.13. The Morgan fingerprint density at radius 2 is 2.00 bits per heavy atom. The van der Waals surface area contributed by atoms with Gasteiger partial charge in [0, 0.05) is 11.8 Å². The SMILES string of the molecule is COC(=O)c1cccc(-n2cc(C)c(-c3cccc(C#N)c3)n2)c1. The first-order valence-electron chi connectivity index (χ1n) is 7.38. The molecule has 0 amide bonds. The minimum Gasteiger partial charge on any atom is -0.465 e. The fourth-order valence-electron chi connectivity index (χ4n) is 2.51. The zero-order valence-corrected chi connectivity index (χ0v) is 13.4. The molecule has 0 aliphatic carbocycles. The third-order valence-corrected chi connectivity index (χ3v) is 3.69. The highest BCUT2D eigenvalue weighted by molar-refractivity contribution is 5.89. The molecule has 1 heterocycles.